The number of allylic oxidation sites excluding steroid dienone is 4. The van der Waals surface area contributed by atoms with Crippen LogP contribution in [0.1, 0.15) is 72.6 Å². The maximum atomic E-state index is 5.81. The Bertz CT molecular complexity index is 454. The molecule has 26 heavy (non-hydrogen) atoms. The normalized spacial score (nSPS) is 16.3. The van der Waals surface area contributed by atoms with Crippen molar-refractivity contribution in [3.8, 4) is 0 Å². The summed E-state index contributed by atoms with van der Waals surface area (Å²) in [6, 6.07) is 0. The monoisotopic (exact) mass is 565 g/mol. The van der Waals surface area contributed by atoms with E-state index in [1.807, 2.05) is 3.96 Å². The fraction of sp³-hybridized carbons (Fsp3) is 0.810. The van der Waals surface area contributed by atoms with Crippen LogP contribution in [0.3, 0.4) is 0 Å². The Balaban J connectivity index is 3.31. The van der Waals surface area contributed by atoms with E-state index in [0.717, 1.165) is 6.42 Å². The molecule has 0 aromatic heterocycles. The van der Waals surface area contributed by atoms with Crippen molar-refractivity contribution >= 4 is 8.80 Å². The molecule has 158 valence electrons. The predicted octanol–water partition coefficient (Wildman–Crippen LogP) is 6.82. The fourth-order valence-electron chi connectivity index (χ4n) is 3.45. The third kappa shape index (κ3) is 5.41. The van der Waals surface area contributed by atoms with E-state index in [0.29, 0.717) is 0 Å². The van der Waals surface area contributed by atoms with Crippen LogP contribution in [0.15, 0.2) is 20.8 Å². The molecule has 0 aliphatic heterocycles. The van der Waals surface area contributed by atoms with Gasteiger partial charge in [0, 0.05) is 0 Å². The van der Waals surface area contributed by atoms with Crippen LogP contribution in [-0.4, -0.2) is 30.1 Å². The Morgan fingerprint density at radius 3 is 1.62 bits per heavy atom. The molecule has 0 aromatic carbocycles. The minimum absolute atomic E-state index is 1.11. The zero-order valence-electron chi connectivity index (χ0n) is 18.2. The molecule has 0 fully saturated rings. The van der Waals surface area contributed by atoms with Crippen molar-refractivity contribution in [3.63, 3.8) is 0 Å². The molecule has 0 heterocycles. The zero-order valence-corrected chi connectivity index (χ0v) is 21.5. The molecule has 0 amide bonds. The fourth-order valence-corrected chi connectivity index (χ4v) is 20.0. The average molecular weight is 566 g/mol. The van der Waals surface area contributed by atoms with Crippen molar-refractivity contribution in [2.45, 2.75) is 87.1 Å². The zero-order chi connectivity index (χ0) is 19.6. The molecule has 1 aliphatic rings. The van der Waals surface area contributed by atoms with Crippen LogP contribution >= 0.6 is 0 Å². The molecule has 1 rings (SSSR count). The van der Waals surface area contributed by atoms with Crippen LogP contribution in [0.2, 0.25) is 14.4 Å². The first-order valence-corrected chi connectivity index (χ1v) is 17.8. The first-order valence-electron chi connectivity index (χ1n) is 10.1. The topological polar surface area (TPSA) is 27.7 Å². The van der Waals surface area contributed by atoms with Crippen molar-refractivity contribution in [2.75, 3.05) is 21.3 Å². The number of hydrogen-bond acceptors (Lipinski definition) is 3. The van der Waals surface area contributed by atoms with E-state index in [1.165, 1.54) is 63.7 Å². The van der Waals surface area contributed by atoms with E-state index >= 15 is 0 Å². The van der Waals surface area contributed by atoms with Gasteiger partial charge in [-0.15, -0.1) is 0 Å². The number of hydrogen-bond donors (Lipinski definition) is 0. The molecule has 0 radical (unpaired) electrons. The van der Waals surface area contributed by atoms with Gasteiger partial charge in [0.2, 0.25) is 0 Å². The number of rotatable bonds is 14. The quantitative estimate of drug-likeness (QED) is 0.217. The van der Waals surface area contributed by atoms with Gasteiger partial charge in [0.15, 0.2) is 0 Å². The van der Waals surface area contributed by atoms with E-state index in [4.69, 9.17) is 13.3 Å². The predicted molar refractivity (Wildman–Crippen MR) is 111 cm³/mol. The van der Waals surface area contributed by atoms with E-state index in [2.05, 4.69) is 33.8 Å². The molecule has 0 N–H and O–H groups in total. The van der Waals surface area contributed by atoms with Crippen molar-refractivity contribution in [2.24, 2.45) is 0 Å². The summed E-state index contributed by atoms with van der Waals surface area (Å²) >= 11 is -2.00. The Labute approximate surface area is 167 Å². The third-order valence-corrected chi connectivity index (χ3v) is 21.1. The molecule has 5 heteroatoms. The molecule has 0 saturated carbocycles. The molecular formula is C21H42O3PtSi. The third-order valence-electron chi connectivity index (χ3n) is 5.11. The van der Waals surface area contributed by atoms with Crippen LogP contribution < -0.4 is 0 Å². The van der Waals surface area contributed by atoms with Crippen molar-refractivity contribution in [1.29, 1.82) is 0 Å². The van der Waals surface area contributed by atoms with Gasteiger partial charge in [-0.2, -0.15) is 0 Å². The van der Waals surface area contributed by atoms with Crippen molar-refractivity contribution in [3.05, 3.63) is 20.8 Å². The first kappa shape index (κ1) is 24.3. The molecule has 0 aromatic rings. The SMILES string of the molecule is CCC[CH2][Pt]([CH2]CCC)([CH2]CCC)[C]1=C(C)C([Si](OC)(OC)OC)=CC1. The van der Waals surface area contributed by atoms with Gasteiger partial charge in [-0.25, -0.2) is 0 Å². The summed E-state index contributed by atoms with van der Waals surface area (Å²) in [5.74, 6) is 0. The van der Waals surface area contributed by atoms with Crippen LogP contribution in [0.5, 0.6) is 0 Å². The van der Waals surface area contributed by atoms with Gasteiger partial charge in [0.05, 0.1) is 0 Å². The Morgan fingerprint density at radius 1 is 0.846 bits per heavy atom. The number of unbranched alkanes of at least 4 members (excludes halogenated alkanes) is 3. The summed E-state index contributed by atoms with van der Waals surface area (Å²) in [5.41, 5.74) is 1.46. The summed E-state index contributed by atoms with van der Waals surface area (Å²) in [5, 5.41) is 1.23. The first-order chi connectivity index (χ1) is 12.5. The summed E-state index contributed by atoms with van der Waals surface area (Å²) in [7, 11) is 2.45. The van der Waals surface area contributed by atoms with Gasteiger partial charge in [-0.3, -0.25) is 0 Å². The molecule has 0 unspecified atom stereocenters. The van der Waals surface area contributed by atoms with E-state index < -0.39 is 24.9 Å². The van der Waals surface area contributed by atoms with E-state index in [-0.39, 0.29) is 0 Å². The summed E-state index contributed by atoms with van der Waals surface area (Å²) < 4.78 is 19.2. The maximum absolute atomic E-state index is 5.81. The standard InChI is InChI=1S/C9H15O3Si.3C4H9.Pt/c1-8-6-5-7-9(8)13(10-2,11-3)12-4;3*1-3-4-2;/h7H,5H2,1-4H3;3*1,3-4H2,2H3;. The molecule has 0 spiro atoms. The van der Waals surface area contributed by atoms with Gasteiger partial charge in [0.25, 0.3) is 0 Å². The molecule has 0 atom stereocenters. The Kier molecular flexibility index (Phi) is 11.2. The molecule has 0 saturated heterocycles. The van der Waals surface area contributed by atoms with Crippen LogP contribution in [0.4, 0.5) is 0 Å². The molecule has 1 aliphatic carbocycles. The Hall–Kier alpha value is 0.265. The van der Waals surface area contributed by atoms with Gasteiger partial charge in [-0.1, -0.05) is 0 Å². The second-order valence-corrected chi connectivity index (χ2v) is 20.3. The summed E-state index contributed by atoms with van der Waals surface area (Å²) in [4.78, 5) is 4.45. The average Bonchev–Trinajstić information content (AvgIpc) is 3.06. The van der Waals surface area contributed by atoms with Gasteiger partial charge >= 0.3 is 167 Å². The van der Waals surface area contributed by atoms with Gasteiger partial charge in [-0.05, 0) is 0 Å². The second kappa shape index (κ2) is 12.0. The minimum atomic E-state index is -2.73. The van der Waals surface area contributed by atoms with E-state index in [1.54, 1.807) is 21.3 Å². The summed E-state index contributed by atoms with van der Waals surface area (Å²) in [6.07, 6.45) is 11.6. The molecule has 0 bridgehead atoms. The van der Waals surface area contributed by atoms with Crippen molar-refractivity contribution in [1.82, 2.24) is 0 Å². The Morgan fingerprint density at radius 2 is 1.27 bits per heavy atom. The van der Waals surface area contributed by atoms with Gasteiger partial charge < -0.3 is 0 Å². The van der Waals surface area contributed by atoms with Crippen LogP contribution in [-0.2, 0) is 29.3 Å². The van der Waals surface area contributed by atoms with Gasteiger partial charge in [0.1, 0.15) is 0 Å². The van der Waals surface area contributed by atoms with E-state index in [9.17, 15) is 0 Å². The van der Waals surface area contributed by atoms with Crippen molar-refractivity contribution < 1.29 is 29.3 Å². The molecule has 3 nitrogen and oxygen atoms in total. The van der Waals surface area contributed by atoms with Crippen LogP contribution in [0.25, 0.3) is 0 Å². The molecular weight excluding hydrogens is 523 g/mol. The second-order valence-electron chi connectivity index (χ2n) is 6.83. The summed E-state index contributed by atoms with van der Waals surface area (Å²) in [6.45, 7) is 9.33. The van der Waals surface area contributed by atoms with Crippen LogP contribution in [0, 0.1) is 0 Å².